The lowest BCUT2D eigenvalue weighted by Gasteiger charge is -2.42. The van der Waals surface area contributed by atoms with Crippen molar-refractivity contribution in [2.75, 3.05) is 24.5 Å². The molecule has 4 rings (SSSR count). The maximum atomic E-state index is 12.9. The maximum absolute atomic E-state index is 12.9. The van der Waals surface area contributed by atoms with Crippen molar-refractivity contribution in [1.29, 1.82) is 0 Å². The molecule has 7 nitrogen and oxygen atoms in total. The average Bonchev–Trinajstić information content (AvgIpc) is 3.03. The number of hydrogen-bond donors (Lipinski definition) is 2. The smallest absolute Gasteiger partial charge is 0.239 e. The van der Waals surface area contributed by atoms with E-state index in [0.29, 0.717) is 37.5 Å². The first kappa shape index (κ1) is 21.0. The number of fused-ring (bicyclic) bond motifs is 1. The van der Waals surface area contributed by atoms with Crippen LogP contribution < -0.4 is 10.6 Å². The van der Waals surface area contributed by atoms with Crippen molar-refractivity contribution >= 4 is 23.3 Å². The van der Waals surface area contributed by atoms with Crippen LogP contribution in [0.25, 0.3) is 0 Å². The predicted molar refractivity (Wildman–Crippen MR) is 117 cm³/mol. The van der Waals surface area contributed by atoms with Gasteiger partial charge in [-0.05, 0) is 43.4 Å². The van der Waals surface area contributed by atoms with Crippen molar-refractivity contribution in [3.8, 4) is 0 Å². The molecule has 1 aliphatic carbocycles. The SMILES string of the molecule is CC1CN(C(=O)C(N)Cc2ccc(Cl)cc2)CCN1c1ncnc2c1[C@H](C)C[C@H]2O. The van der Waals surface area contributed by atoms with Gasteiger partial charge >= 0.3 is 0 Å². The molecule has 2 unspecified atom stereocenters. The number of aromatic nitrogens is 2. The highest BCUT2D eigenvalue weighted by Crippen LogP contribution is 2.43. The van der Waals surface area contributed by atoms with Crippen molar-refractivity contribution in [3.63, 3.8) is 0 Å². The third-order valence-corrected chi connectivity index (χ3v) is 6.43. The molecule has 1 fully saturated rings. The van der Waals surface area contributed by atoms with Gasteiger partial charge in [0.15, 0.2) is 0 Å². The number of benzene rings is 1. The molecule has 0 bridgehead atoms. The average molecular weight is 430 g/mol. The standard InChI is InChI=1S/C22H28ClN5O2/c1-13-9-18(29)20-19(13)21(26-12-25-20)28-8-7-27(11-14(28)2)22(30)17(24)10-15-3-5-16(23)6-4-15/h3-6,12-14,17-18,29H,7-11,24H2,1-2H3/t13-,14?,17?,18-/m1/s1. The zero-order valence-corrected chi connectivity index (χ0v) is 18.1. The predicted octanol–water partition coefficient (Wildman–Crippen LogP) is 2.28. The molecule has 1 saturated heterocycles. The fraction of sp³-hybridized carbons (Fsp3) is 0.500. The van der Waals surface area contributed by atoms with E-state index in [4.69, 9.17) is 17.3 Å². The van der Waals surface area contributed by atoms with E-state index >= 15 is 0 Å². The summed E-state index contributed by atoms with van der Waals surface area (Å²) in [7, 11) is 0. The highest BCUT2D eigenvalue weighted by Gasteiger charge is 2.36. The van der Waals surface area contributed by atoms with E-state index in [1.807, 2.05) is 29.2 Å². The molecule has 0 spiro atoms. The van der Waals surface area contributed by atoms with E-state index < -0.39 is 12.1 Å². The molecular formula is C22H28ClN5O2. The highest BCUT2D eigenvalue weighted by atomic mass is 35.5. The molecule has 4 atom stereocenters. The normalized spacial score (nSPS) is 24.6. The number of piperazine rings is 1. The summed E-state index contributed by atoms with van der Waals surface area (Å²) in [5.41, 5.74) is 9.00. The molecule has 1 amide bonds. The van der Waals surface area contributed by atoms with Gasteiger partial charge in [-0.25, -0.2) is 9.97 Å². The minimum absolute atomic E-state index is 0.0341. The minimum Gasteiger partial charge on any atom is -0.387 e. The summed E-state index contributed by atoms with van der Waals surface area (Å²) in [6.07, 6.45) is 2.16. The first-order chi connectivity index (χ1) is 14.3. The van der Waals surface area contributed by atoms with E-state index in [2.05, 4.69) is 28.7 Å². The van der Waals surface area contributed by atoms with Gasteiger partial charge in [0.25, 0.3) is 0 Å². The number of rotatable bonds is 4. The number of amides is 1. The van der Waals surface area contributed by atoms with Gasteiger partial charge in [-0.2, -0.15) is 0 Å². The second-order valence-electron chi connectivity index (χ2n) is 8.41. The van der Waals surface area contributed by atoms with Gasteiger partial charge in [-0.15, -0.1) is 0 Å². The van der Waals surface area contributed by atoms with Crippen LogP contribution in [-0.2, 0) is 11.2 Å². The Morgan fingerprint density at radius 1 is 1.27 bits per heavy atom. The summed E-state index contributed by atoms with van der Waals surface area (Å²) >= 11 is 5.93. The summed E-state index contributed by atoms with van der Waals surface area (Å²) in [4.78, 5) is 25.9. The zero-order valence-electron chi connectivity index (χ0n) is 17.3. The molecule has 3 N–H and O–H groups in total. The molecular weight excluding hydrogens is 402 g/mol. The monoisotopic (exact) mass is 429 g/mol. The molecule has 0 radical (unpaired) electrons. The molecule has 1 aromatic carbocycles. The van der Waals surface area contributed by atoms with E-state index in [1.165, 1.54) is 6.33 Å². The third-order valence-electron chi connectivity index (χ3n) is 6.18. The number of nitrogens with zero attached hydrogens (tertiary/aromatic N) is 4. The van der Waals surface area contributed by atoms with Crippen LogP contribution >= 0.6 is 11.6 Å². The number of halogens is 1. The number of carbonyl (C=O) groups is 1. The van der Waals surface area contributed by atoms with Crippen molar-refractivity contribution in [2.45, 2.75) is 50.8 Å². The molecule has 2 aromatic rings. The second-order valence-corrected chi connectivity index (χ2v) is 8.85. The van der Waals surface area contributed by atoms with E-state index in [-0.39, 0.29) is 17.9 Å². The molecule has 1 aliphatic heterocycles. The van der Waals surface area contributed by atoms with Crippen molar-refractivity contribution in [1.82, 2.24) is 14.9 Å². The van der Waals surface area contributed by atoms with Crippen LogP contribution in [0.1, 0.15) is 49.1 Å². The molecule has 1 aromatic heterocycles. The Morgan fingerprint density at radius 3 is 2.70 bits per heavy atom. The van der Waals surface area contributed by atoms with Gasteiger partial charge < -0.3 is 20.6 Å². The van der Waals surface area contributed by atoms with Crippen LogP contribution in [0, 0.1) is 0 Å². The third kappa shape index (κ3) is 4.02. The lowest BCUT2D eigenvalue weighted by atomic mass is 10.0. The number of anilines is 1. The molecule has 2 heterocycles. The summed E-state index contributed by atoms with van der Waals surface area (Å²) in [5.74, 6) is 1.06. The van der Waals surface area contributed by atoms with Crippen molar-refractivity contribution < 1.29 is 9.90 Å². The lowest BCUT2D eigenvalue weighted by Crippen LogP contribution is -2.57. The Bertz CT molecular complexity index is 922. The largest absolute Gasteiger partial charge is 0.387 e. The van der Waals surface area contributed by atoms with Gasteiger partial charge in [0.05, 0.1) is 17.8 Å². The van der Waals surface area contributed by atoms with Crippen LogP contribution in [0.4, 0.5) is 5.82 Å². The summed E-state index contributed by atoms with van der Waals surface area (Å²) in [6.45, 7) is 6.04. The minimum atomic E-state index is -0.580. The molecule has 2 aliphatic rings. The van der Waals surface area contributed by atoms with Crippen LogP contribution in [0.2, 0.25) is 5.02 Å². The second kappa shape index (κ2) is 8.49. The van der Waals surface area contributed by atoms with Gasteiger partial charge in [-0.3, -0.25) is 4.79 Å². The lowest BCUT2D eigenvalue weighted by molar-refractivity contribution is -0.133. The van der Waals surface area contributed by atoms with Gasteiger partial charge in [0.1, 0.15) is 12.1 Å². The Kier molecular flexibility index (Phi) is 5.95. The number of hydrogen-bond acceptors (Lipinski definition) is 6. The first-order valence-corrected chi connectivity index (χ1v) is 10.8. The quantitative estimate of drug-likeness (QED) is 0.774. The van der Waals surface area contributed by atoms with Gasteiger partial charge in [0, 0.05) is 36.3 Å². The van der Waals surface area contributed by atoms with Crippen molar-refractivity contribution in [3.05, 3.63) is 52.4 Å². The first-order valence-electron chi connectivity index (χ1n) is 10.4. The molecule has 0 saturated carbocycles. The Hall–Kier alpha value is -2.22. The van der Waals surface area contributed by atoms with E-state index in [9.17, 15) is 9.90 Å². The summed E-state index contributed by atoms with van der Waals surface area (Å²) < 4.78 is 0. The molecule has 8 heteroatoms. The maximum Gasteiger partial charge on any atom is 0.239 e. The Balaban J connectivity index is 1.43. The molecule has 160 valence electrons. The van der Waals surface area contributed by atoms with Crippen LogP contribution in [-0.4, -0.2) is 57.6 Å². The topological polar surface area (TPSA) is 95.6 Å². The molecule has 30 heavy (non-hydrogen) atoms. The number of aliphatic hydroxyl groups excluding tert-OH is 1. The van der Waals surface area contributed by atoms with Crippen LogP contribution in [0.3, 0.4) is 0 Å². The zero-order chi connectivity index (χ0) is 21.4. The number of aliphatic hydroxyl groups is 1. The van der Waals surface area contributed by atoms with Crippen LogP contribution in [0.15, 0.2) is 30.6 Å². The van der Waals surface area contributed by atoms with E-state index in [0.717, 1.165) is 22.6 Å². The van der Waals surface area contributed by atoms with Gasteiger partial charge in [-0.1, -0.05) is 30.7 Å². The van der Waals surface area contributed by atoms with Crippen LogP contribution in [0.5, 0.6) is 0 Å². The number of nitrogens with two attached hydrogens (primary N) is 1. The fourth-order valence-electron chi connectivity index (χ4n) is 4.60. The van der Waals surface area contributed by atoms with E-state index in [1.54, 1.807) is 0 Å². The Labute approximate surface area is 181 Å². The number of carbonyl (C=O) groups excluding carboxylic acids is 1. The highest BCUT2D eigenvalue weighted by molar-refractivity contribution is 6.30. The van der Waals surface area contributed by atoms with Gasteiger partial charge in [0.2, 0.25) is 5.91 Å². The Morgan fingerprint density at radius 2 is 2.00 bits per heavy atom. The van der Waals surface area contributed by atoms with Crippen molar-refractivity contribution in [2.24, 2.45) is 5.73 Å². The summed E-state index contributed by atoms with van der Waals surface area (Å²) in [5, 5.41) is 10.9. The fourth-order valence-corrected chi connectivity index (χ4v) is 4.73. The summed E-state index contributed by atoms with van der Waals surface area (Å²) in [6, 6.07) is 6.95.